The Morgan fingerprint density at radius 3 is 2.04 bits per heavy atom. The minimum absolute atomic E-state index is 0.00193. The maximum atomic E-state index is 10.3. The van der Waals surface area contributed by atoms with E-state index in [4.69, 9.17) is 0 Å². The molecule has 0 aromatic heterocycles. The molecule has 2 aromatic rings. The summed E-state index contributed by atoms with van der Waals surface area (Å²) in [5.74, 6) is 0. The molecule has 5 heteroatoms. The molecule has 0 fully saturated rings. The SMILES string of the molecule is CC(C)(C)NCC(O)CNN1c2ccccc2Sc2ccccc21. The van der Waals surface area contributed by atoms with Crippen molar-refractivity contribution in [2.45, 2.75) is 42.2 Å². The molecule has 0 bridgehead atoms. The summed E-state index contributed by atoms with van der Waals surface area (Å²) in [5.41, 5.74) is 5.65. The van der Waals surface area contributed by atoms with Crippen LogP contribution in [0.15, 0.2) is 58.3 Å². The Hall–Kier alpha value is -1.53. The standard InChI is InChI=1S/C19H25N3OS/c1-19(2,3)20-12-14(23)13-21-22-15-8-4-6-10-17(15)24-18-11-7-5-9-16(18)22/h4-11,14,20-21,23H,12-13H2,1-3H3. The van der Waals surface area contributed by atoms with Gasteiger partial charge in [0.05, 0.1) is 17.5 Å². The molecule has 0 radical (unpaired) electrons. The number of nitrogens with zero attached hydrogens (tertiary/aromatic N) is 1. The number of fused-ring (bicyclic) bond motifs is 2. The van der Waals surface area contributed by atoms with Gasteiger partial charge in [-0.2, -0.15) is 0 Å². The average molecular weight is 343 g/mol. The Morgan fingerprint density at radius 2 is 1.50 bits per heavy atom. The van der Waals surface area contributed by atoms with Gasteiger partial charge in [-0.15, -0.1) is 0 Å². The highest BCUT2D eigenvalue weighted by Gasteiger charge is 2.23. The molecule has 0 aliphatic carbocycles. The highest BCUT2D eigenvalue weighted by molar-refractivity contribution is 7.99. The molecule has 3 N–H and O–H groups in total. The Bertz CT molecular complexity index is 654. The van der Waals surface area contributed by atoms with Gasteiger partial charge < -0.3 is 10.4 Å². The number of hydrogen-bond donors (Lipinski definition) is 3. The zero-order chi connectivity index (χ0) is 17.2. The topological polar surface area (TPSA) is 47.5 Å². The van der Waals surface area contributed by atoms with E-state index in [1.54, 1.807) is 11.8 Å². The molecule has 3 rings (SSSR count). The number of aliphatic hydroxyl groups is 1. The van der Waals surface area contributed by atoms with Crippen LogP contribution < -0.4 is 15.8 Å². The lowest BCUT2D eigenvalue weighted by Crippen LogP contribution is -2.47. The molecule has 2 aromatic carbocycles. The first-order valence-electron chi connectivity index (χ1n) is 8.27. The van der Waals surface area contributed by atoms with E-state index < -0.39 is 6.10 Å². The summed E-state index contributed by atoms with van der Waals surface area (Å²) in [6, 6.07) is 16.7. The van der Waals surface area contributed by atoms with E-state index in [9.17, 15) is 5.11 Å². The fourth-order valence-corrected chi connectivity index (χ4v) is 3.63. The van der Waals surface area contributed by atoms with Gasteiger partial charge in [-0.25, -0.2) is 5.43 Å². The molecule has 1 aliphatic heterocycles. The molecule has 4 nitrogen and oxygen atoms in total. The molecule has 0 saturated heterocycles. The predicted octanol–water partition coefficient (Wildman–Crippen LogP) is 3.54. The van der Waals surface area contributed by atoms with Crippen molar-refractivity contribution < 1.29 is 5.11 Å². The summed E-state index contributed by atoms with van der Waals surface area (Å²) in [7, 11) is 0. The second kappa shape index (κ2) is 7.15. The Kier molecular flexibility index (Phi) is 5.15. The van der Waals surface area contributed by atoms with E-state index >= 15 is 0 Å². The number of nitrogens with one attached hydrogen (secondary N) is 2. The number of β-amino-alcohol motifs (C(OH)–C–C–N with tert-alkyl or cyclic N) is 1. The molecule has 1 aliphatic rings. The number of anilines is 2. The third-order valence-corrected chi connectivity index (χ3v) is 4.92. The minimum atomic E-state index is -0.460. The zero-order valence-corrected chi connectivity index (χ0v) is 15.2. The first kappa shape index (κ1) is 17.3. The van der Waals surface area contributed by atoms with Crippen molar-refractivity contribution in [2.75, 3.05) is 18.1 Å². The van der Waals surface area contributed by atoms with Crippen LogP contribution in [0.1, 0.15) is 20.8 Å². The summed E-state index contributed by atoms with van der Waals surface area (Å²) in [6.07, 6.45) is -0.460. The van der Waals surface area contributed by atoms with Crippen LogP contribution in [-0.2, 0) is 0 Å². The van der Waals surface area contributed by atoms with Crippen LogP contribution in [0.25, 0.3) is 0 Å². The minimum Gasteiger partial charge on any atom is -0.390 e. The third-order valence-electron chi connectivity index (χ3n) is 3.79. The van der Waals surface area contributed by atoms with Crippen molar-refractivity contribution in [2.24, 2.45) is 0 Å². The van der Waals surface area contributed by atoms with Gasteiger partial charge in [-0.05, 0) is 45.0 Å². The molecule has 1 unspecified atom stereocenters. The molecular weight excluding hydrogens is 318 g/mol. The van der Waals surface area contributed by atoms with Gasteiger partial charge in [0, 0.05) is 28.4 Å². The normalized spacial score (nSPS) is 14.9. The number of rotatable bonds is 5. The number of benzene rings is 2. The summed E-state index contributed by atoms with van der Waals surface area (Å²) >= 11 is 1.78. The zero-order valence-electron chi connectivity index (χ0n) is 14.4. The van der Waals surface area contributed by atoms with Gasteiger partial charge in [-0.1, -0.05) is 36.0 Å². The Morgan fingerprint density at radius 1 is 0.958 bits per heavy atom. The third kappa shape index (κ3) is 4.11. The summed E-state index contributed by atoms with van der Waals surface area (Å²) in [5, 5.41) is 15.7. The van der Waals surface area contributed by atoms with Crippen molar-refractivity contribution in [3.05, 3.63) is 48.5 Å². The molecule has 128 valence electrons. The van der Waals surface area contributed by atoms with Crippen LogP contribution in [0.5, 0.6) is 0 Å². The predicted molar refractivity (Wildman–Crippen MR) is 101 cm³/mol. The summed E-state index contributed by atoms with van der Waals surface area (Å²) in [4.78, 5) is 2.43. The van der Waals surface area contributed by atoms with E-state index in [1.807, 2.05) is 12.1 Å². The first-order chi connectivity index (χ1) is 11.4. The smallest absolute Gasteiger partial charge is 0.0807 e. The van der Waals surface area contributed by atoms with E-state index in [2.05, 4.69) is 72.9 Å². The fraction of sp³-hybridized carbons (Fsp3) is 0.368. The lowest BCUT2D eigenvalue weighted by Gasteiger charge is -2.33. The molecule has 24 heavy (non-hydrogen) atoms. The molecule has 1 heterocycles. The molecular formula is C19H25N3OS. The van der Waals surface area contributed by atoms with Crippen LogP contribution in [0.3, 0.4) is 0 Å². The van der Waals surface area contributed by atoms with Crippen molar-refractivity contribution in [3.8, 4) is 0 Å². The monoisotopic (exact) mass is 343 g/mol. The largest absolute Gasteiger partial charge is 0.390 e. The lowest BCUT2D eigenvalue weighted by atomic mass is 10.1. The summed E-state index contributed by atoms with van der Waals surface area (Å²) in [6.45, 7) is 7.34. The first-order valence-corrected chi connectivity index (χ1v) is 9.08. The van der Waals surface area contributed by atoms with Crippen LogP contribution in [0.4, 0.5) is 11.4 Å². The van der Waals surface area contributed by atoms with E-state index in [-0.39, 0.29) is 5.54 Å². The van der Waals surface area contributed by atoms with Crippen LogP contribution in [0, 0.1) is 0 Å². The second-order valence-corrected chi connectivity index (χ2v) is 8.10. The molecule has 0 saturated carbocycles. The Balaban J connectivity index is 1.73. The van der Waals surface area contributed by atoms with Crippen LogP contribution >= 0.6 is 11.8 Å². The van der Waals surface area contributed by atoms with Crippen molar-refractivity contribution in [1.82, 2.24) is 10.7 Å². The van der Waals surface area contributed by atoms with Crippen LogP contribution in [0.2, 0.25) is 0 Å². The summed E-state index contributed by atoms with van der Waals surface area (Å²) < 4.78 is 0. The molecule has 0 spiro atoms. The van der Waals surface area contributed by atoms with Gasteiger partial charge in [0.2, 0.25) is 0 Å². The highest BCUT2D eigenvalue weighted by Crippen LogP contribution is 2.46. The number of hydrazine groups is 1. The maximum Gasteiger partial charge on any atom is 0.0807 e. The number of para-hydroxylation sites is 2. The van der Waals surface area contributed by atoms with Gasteiger partial charge in [0.1, 0.15) is 0 Å². The highest BCUT2D eigenvalue weighted by atomic mass is 32.2. The quantitative estimate of drug-likeness (QED) is 0.775. The molecule has 0 amide bonds. The van der Waals surface area contributed by atoms with Gasteiger partial charge >= 0.3 is 0 Å². The Labute approximate surface area is 148 Å². The van der Waals surface area contributed by atoms with E-state index in [1.165, 1.54) is 9.79 Å². The molecule has 1 atom stereocenters. The van der Waals surface area contributed by atoms with Crippen LogP contribution in [-0.4, -0.2) is 29.8 Å². The van der Waals surface area contributed by atoms with Crippen molar-refractivity contribution in [3.63, 3.8) is 0 Å². The van der Waals surface area contributed by atoms with Crippen molar-refractivity contribution in [1.29, 1.82) is 0 Å². The fourth-order valence-electron chi connectivity index (χ4n) is 2.57. The van der Waals surface area contributed by atoms with Gasteiger partial charge in [-0.3, -0.25) is 5.01 Å². The number of aliphatic hydroxyl groups excluding tert-OH is 1. The number of hydrogen-bond acceptors (Lipinski definition) is 5. The maximum absolute atomic E-state index is 10.3. The van der Waals surface area contributed by atoms with E-state index in [0.717, 1.165) is 11.4 Å². The van der Waals surface area contributed by atoms with Crippen molar-refractivity contribution >= 4 is 23.1 Å². The van der Waals surface area contributed by atoms with Gasteiger partial charge in [0.25, 0.3) is 0 Å². The second-order valence-electron chi connectivity index (χ2n) is 7.02. The average Bonchev–Trinajstić information content (AvgIpc) is 2.56. The van der Waals surface area contributed by atoms with Gasteiger partial charge in [0.15, 0.2) is 0 Å². The van der Waals surface area contributed by atoms with E-state index in [0.29, 0.717) is 13.1 Å². The lowest BCUT2D eigenvalue weighted by molar-refractivity contribution is 0.158.